The number of hydrogen-bond donors (Lipinski definition) is 3. The van der Waals surface area contributed by atoms with Gasteiger partial charge < -0.3 is 25.6 Å². The van der Waals surface area contributed by atoms with Crippen molar-refractivity contribution in [2.24, 2.45) is 0 Å². The van der Waals surface area contributed by atoms with E-state index in [1.165, 1.54) is 11.9 Å². The number of halogens is 2. The van der Waals surface area contributed by atoms with Crippen LogP contribution in [0.5, 0.6) is 5.75 Å². The van der Waals surface area contributed by atoms with Gasteiger partial charge in [-0.15, -0.1) is 0 Å². The number of carbonyl (C=O) groups is 3. The number of para-hydroxylation sites is 2. The molecule has 5 aromatic rings. The van der Waals surface area contributed by atoms with Crippen LogP contribution in [0.3, 0.4) is 0 Å². The van der Waals surface area contributed by atoms with Crippen LogP contribution in [0, 0.1) is 6.92 Å². The van der Waals surface area contributed by atoms with Gasteiger partial charge in [-0.25, -0.2) is 9.78 Å². The van der Waals surface area contributed by atoms with Crippen molar-refractivity contribution >= 4 is 69.0 Å². The molecule has 0 bridgehead atoms. The zero-order valence-electron chi connectivity index (χ0n) is 24.4. The molecule has 0 atom stereocenters. The van der Waals surface area contributed by atoms with E-state index in [9.17, 15) is 14.4 Å². The fourth-order valence-corrected chi connectivity index (χ4v) is 5.00. The van der Waals surface area contributed by atoms with Gasteiger partial charge in [-0.1, -0.05) is 65.7 Å². The quantitative estimate of drug-likeness (QED) is 0.152. The van der Waals surface area contributed by atoms with Crippen LogP contribution in [-0.4, -0.2) is 41.3 Å². The molecule has 0 spiro atoms. The summed E-state index contributed by atoms with van der Waals surface area (Å²) in [6.45, 7) is 1.68. The second kappa shape index (κ2) is 14.1. The Morgan fingerprint density at radius 3 is 2.38 bits per heavy atom. The van der Waals surface area contributed by atoms with E-state index in [1.54, 1.807) is 48.5 Å². The van der Waals surface area contributed by atoms with Gasteiger partial charge in [0.1, 0.15) is 24.4 Å². The summed E-state index contributed by atoms with van der Waals surface area (Å²) < 4.78 is 6.06. The van der Waals surface area contributed by atoms with E-state index in [0.29, 0.717) is 39.0 Å². The molecule has 45 heavy (non-hydrogen) atoms. The molecule has 11 heteroatoms. The first kappa shape index (κ1) is 31.3. The van der Waals surface area contributed by atoms with Gasteiger partial charge in [0.25, 0.3) is 5.91 Å². The number of benzene rings is 4. The lowest BCUT2D eigenvalue weighted by molar-refractivity contribution is -0.116. The third-order valence-electron chi connectivity index (χ3n) is 6.79. The fourth-order valence-electron chi connectivity index (χ4n) is 4.47. The minimum absolute atomic E-state index is 0.0425. The maximum absolute atomic E-state index is 12.9. The van der Waals surface area contributed by atoms with Gasteiger partial charge in [-0.2, -0.15) is 0 Å². The number of aromatic nitrogens is 1. The van der Waals surface area contributed by atoms with Crippen molar-refractivity contribution in [2.45, 2.75) is 13.5 Å². The van der Waals surface area contributed by atoms with E-state index in [0.717, 1.165) is 16.6 Å². The van der Waals surface area contributed by atoms with Crippen molar-refractivity contribution in [3.8, 4) is 5.75 Å². The molecule has 228 valence electrons. The third kappa shape index (κ3) is 7.89. The van der Waals surface area contributed by atoms with Gasteiger partial charge in [-0.05, 0) is 61.5 Å². The number of amides is 4. The Hall–Kier alpha value is -5.12. The topological polar surface area (TPSA) is 113 Å². The zero-order valence-corrected chi connectivity index (χ0v) is 25.9. The largest absolute Gasteiger partial charge is 0.487 e. The first-order valence-corrected chi connectivity index (χ1v) is 14.7. The molecule has 0 unspecified atom stereocenters. The van der Waals surface area contributed by atoms with Crippen molar-refractivity contribution < 1.29 is 19.1 Å². The highest BCUT2D eigenvalue weighted by Crippen LogP contribution is 2.34. The van der Waals surface area contributed by atoms with E-state index in [1.807, 2.05) is 55.5 Å². The first-order valence-electron chi connectivity index (χ1n) is 13.9. The first-order chi connectivity index (χ1) is 21.7. The smallest absolute Gasteiger partial charge is 0.322 e. The molecule has 9 nitrogen and oxygen atoms in total. The molecule has 3 N–H and O–H groups in total. The molecule has 0 aliphatic heterocycles. The van der Waals surface area contributed by atoms with Gasteiger partial charge in [0.05, 0.1) is 10.7 Å². The Morgan fingerprint density at radius 1 is 0.822 bits per heavy atom. The molecule has 0 aliphatic rings. The fraction of sp³-hybridized carbons (Fsp3) is 0.118. The van der Waals surface area contributed by atoms with E-state index in [2.05, 4.69) is 20.9 Å². The lowest BCUT2D eigenvalue weighted by Crippen LogP contribution is -2.37. The number of fused-ring (bicyclic) bond motifs is 1. The van der Waals surface area contributed by atoms with Gasteiger partial charge in [0.2, 0.25) is 5.91 Å². The molecule has 0 radical (unpaired) electrons. The van der Waals surface area contributed by atoms with E-state index in [4.69, 9.17) is 27.9 Å². The summed E-state index contributed by atoms with van der Waals surface area (Å²) >= 11 is 13.1. The third-order valence-corrected chi connectivity index (χ3v) is 7.58. The van der Waals surface area contributed by atoms with Crippen molar-refractivity contribution in [1.82, 2.24) is 9.88 Å². The maximum atomic E-state index is 12.9. The van der Waals surface area contributed by atoms with Crippen molar-refractivity contribution in [1.29, 1.82) is 0 Å². The number of urea groups is 1. The number of rotatable bonds is 9. The number of aryl methyl sites for hydroxylation is 1. The van der Waals surface area contributed by atoms with E-state index < -0.39 is 11.9 Å². The molecule has 1 aromatic heterocycles. The SMILES string of the molecule is Cc1ccc2cccc(OCc3c(Cl)ccc(NC(=O)CN(C)C(=O)Nc4cccc(C(=O)Nc5ccccc5)c4)c3Cl)c2n1. The summed E-state index contributed by atoms with van der Waals surface area (Å²) in [5.41, 5.74) is 3.80. The minimum Gasteiger partial charge on any atom is -0.487 e. The number of ether oxygens (including phenoxy) is 1. The average molecular weight is 643 g/mol. The minimum atomic E-state index is -0.541. The standard InChI is InChI=1S/C34H29Cl2N5O4/c1-21-14-15-22-8-7-13-29(32(22)37-21)45-20-26-27(35)16-17-28(31(26)36)40-30(42)19-41(2)34(44)39-25-12-6-9-23(18-25)33(43)38-24-10-4-3-5-11-24/h3-18H,19-20H2,1-2H3,(H,38,43)(H,39,44)(H,40,42). The van der Waals surface area contributed by atoms with Crippen LogP contribution in [-0.2, 0) is 11.4 Å². The van der Waals surface area contributed by atoms with Gasteiger partial charge >= 0.3 is 6.03 Å². The molecular formula is C34H29Cl2N5O4. The highest BCUT2D eigenvalue weighted by molar-refractivity contribution is 6.38. The molecule has 5 rings (SSSR count). The van der Waals surface area contributed by atoms with Crippen LogP contribution in [0.15, 0.2) is 97.1 Å². The van der Waals surface area contributed by atoms with Crippen LogP contribution in [0.25, 0.3) is 10.9 Å². The number of nitrogens with one attached hydrogen (secondary N) is 3. The van der Waals surface area contributed by atoms with Crippen molar-refractivity contribution in [3.05, 3.63) is 124 Å². The van der Waals surface area contributed by atoms with Gasteiger partial charge in [-0.3, -0.25) is 9.59 Å². The summed E-state index contributed by atoms with van der Waals surface area (Å²) in [6.07, 6.45) is 0. The van der Waals surface area contributed by atoms with Crippen LogP contribution < -0.4 is 20.7 Å². The molecule has 4 aromatic carbocycles. The summed E-state index contributed by atoms with van der Waals surface area (Å²) in [7, 11) is 1.48. The lowest BCUT2D eigenvalue weighted by atomic mass is 10.2. The Labute approximate surface area is 270 Å². The van der Waals surface area contributed by atoms with Crippen molar-refractivity contribution in [2.75, 3.05) is 29.5 Å². The lowest BCUT2D eigenvalue weighted by Gasteiger charge is -2.19. The number of carbonyl (C=O) groups excluding carboxylic acids is 3. The summed E-state index contributed by atoms with van der Waals surface area (Å²) in [4.78, 5) is 44.2. The predicted octanol–water partition coefficient (Wildman–Crippen LogP) is 7.78. The number of nitrogens with zero attached hydrogens (tertiary/aromatic N) is 2. The molecule has 0 fully saturated rings. The maximum Gasteiger partial charge on any atom is 0.322 e. The summed E-state index contributed by atoms with van der Waals surface area (Å²) in [6, 6.07) is 27.7. The predicted molar refractivity (Wildman–Crippen MR) is 178 cm³/mol. The molecular weight excluding hydrogens is 613 g/mol. The zero-order chi connectivity index (χ0) is 31.9. The van der Waals surface area contributed by atoms with Gasteiger partial charge in [0, 0.05) is 45.7 Å². The summed E-state index contributed by atoms with van der Waals surface area (Å²) in [5, 5.41) is 9.78. The van der Waals surface area contributed by atoms with E-state index >= 15 is 0 Å². The average Bonchev–Trinajstić information content (AvgIpc) is 3.03. The number of anilines is 3. The van der Waals surface area contributed by atoms with Gasteiger partial charge in [0.15, 0.2) is 0 Å². The molecule has 4 amide bonds. The Bertz CT molecular complexity index is 1880. The molecule has 0 saturated carbocycles. The molecule has 0 saturated heterocycles. The van der Waals surface area contributed by atoms with Crippen LogP contribution >= 0.6 is 23.2 Å². The highest BCUT2D eigenvalue weighted by atomic mass is 35.5. The monoisotopic (exact) mass is 641 g/mol. The Balaban J connectivity index is 1.19. The van der Waals surface area contributed by atoms with E-state index in [-0.39, 0.29) is 24.1 Å². The van der Waals surface area contributed by atoms with Crippen LogP contribution in [0.1, 0.15) is 21.6 Å². The molecule has 0 aliphatic carbocycles. The second-order valence-corrected chi connectivity index (χ2v) is 11.0. The number of pyridine rings is 1. The van der Waals surface area contributed by atoms with Crippen LogP contribution in [0.4, 0.5) is 21.9 Å². The van der Waals surface area contributed by atoms with Crippen LogP contribution in [0.2, 0.25) is 10.0 Å². The number of hydrogen-bond acceptors (Lipinski definition) is 5. The molecule has 1 heterocycles. The highest BCUT2D eigenvalue weighted by Gasteiger charge is 2.18. The normalized spacial score (nSPS) is 10.7. The van der Waals surface area contributed by atoms with Crippen molar-refractivity contribution in [3.63, 3.8) is 0 Å². The Kier molecular flexibility index (Phi) is 9.82. The Morgan fingerprint density at radius 2 is 1.58 bits per heavy atom. The second-order valence-electron chi connectivity index (χ2n) is 10.2. The summed E-state index contributed by atoms with van der Waals surface area (Å²) in [5.74, 6) is -0.222. The number of likely N-dealkylation sites (N-methyl/N-ethyl adjacent to an activating group) is 1.